The first kappa shape index (κ1) is 28.9. The maximum absolute atomic E-state index is 12.4. The molecule has 0 saturated carbocycles. The summed E-state index contributed by atoms with van der Waals surface area (Å²) in [5.41, 5.74) is 3.43. The van der Waals surface area contributed by atoms with Crippen LogP contribution < -0.4 is 29.6 Å². The largest absolute Gasteiger partial charge is 1.00 e. The van der Waals surface area contributed by atoms with Crippen molar-refractivity contribution < 1.29 is 47.5 Å². The summed E-state index contributed by atoms with van der Waals surface area (Å²) >= 11 is 11.7. The van der Waals surface area contributed by atoms with Crippen LogP contribution in [0.25, 0.3) is 4.72 Å². The van der Waals surface area contributed by atoms with Gasteiger partial charge >= 0.3 is 29.6 Å². The number of rotatable bonds is 7. The molecule has 0 aliphatic heterocycles. The number of sulfonamides is 1. The molecule has 0 saturated heterocycles. The number of hydrogen-bond acceptors (Lipinski definition) is 4. The van der Waals surface area contributed by atoms with Gasteiger partial charge in [0.2, 0.25) is 0 Å². The van der Waals surface area contributed by atoms with Gasteiger partial charge in [0.25, 0.3) is 0 Å². The quantitative estimate of drug-likeness (QED) is 0.436. The molecule has 0 atom stereocenters. The number of carbonyl (C=O) groups excluding carboxylic acids is 1. The summed E-state index contributed by atoms with van der Waals surface area (Å²) in [7, 11) is -4.26. The summed E-state index contributed by atoms with van der Waals surface area (Å²) in [5.74, 6) is -0.882. The number of ether oxygens (including phenoxy) is 1. The third kappa shape index (κ3) is 7.82. The van der Waals surface area contributed by atoms with Crippen LogP contribution in [0, 0.1) is 0 Å². The maximum atomic E-state index is 12.4. The number of hydrogen-bond donors (Lipinski definition) is 0. The second-order valence-electron chi connectivity index (χ2n) is 8.58. The average molecular weight is 528 g/mol. The average Bonchev–Trinajstić information content (AvgIpc) is 2.73. The van der Waals surface area contributed by atoms with Crippen LogP contribution in [-0.4, -0.2) is 14.3 Å². The van der Waals surface area contributed by atoms with E-state index in [1.165, 1.54) is 35.9 Å². The Labute approximate surface area is 233 Å². The van der Waals surface area contributed by atoms with E-state index in [-0.39, 0.29) is 55.5 Å². The number of halogens is 2. The molecule has 0 N–H and O–H groups in total. The summed E-state index contributed by atoms with van der Waals surface area (Å²) in [4.78, 5) is 12.1. The predicted octanol–water partition coefficient (Wildman–Crippen LogP) is 3.91. The zero-order chi connectivity index (χ0) is 24.2. The van der Waals surface area contributed by atoms with Gasteiger partial charge in [-0.15, -0.1) is 0 Å². The second kappa shape index (κ2) is 12.0. The Morgan fingerprint density at radius 1 is 0.882 bits per heavy atom. The molecule has 0 heterocycles. The number of carbonyl (C=O) groups is 1. The topological polar surface area (TPSA) is 74.5 Å². The standard InChI is InChI=1S/C25H25Cl2NO4S.Na/c1-25(2,3)20-10-6-18(7-11-20)16-32-15-17-4-8-19(9-5-17)24(29)28-33(30,31)23-13-12-21(26)14-22(23)27;/h4-14H,15-16H2,1-3H3,(H,28,29);/q;+1/p-1. The van der Waals surface area contributed by atoms with Crippen molar-refractivity contribution in [2.24, 2.45) is 0 Å². The molecule has 0 fully saturated rings. The van der Waals surface area contributed by atoms with Gasteiger partial charge in [0.15, 0.2) is 0 Å². The molecule has 3 rings (SSSR count). The molecule has 0 aliphatic carbocycles. The Kier molecular flexibility index (Phi) is 10.2. The zero-order valence-electron chi connectivity index (χ0n) is 19.5. The molecular formula is C25H24Cl2NNaO4S. The monoisotopic (exact) mass is 527 g/mol. The minimum atomic E-state index is -4.26. The van der Waals surface area contributed by atoms with Crippen molar-refractivity contribution in [1.29, 1.82) is 0 Å². The van der Waals surface area contributed by atoms with Crippen LogP contribution in [0.3, 0.4) is 0 Å². The van der Waals surface area contributed by atoms with Gasteiger partial charge in [0.1, 0.15) is 10.0 Å². The van der Waals surface area contributed by atoms with E-state index in [1.54, 1.807) is 12.1 Å². The van der Waals surface area contributed by atoms with Crippen LogP contribution in [0.15, 0.2) is 71.6 Å². The van der Waals surface area contributed by atoms with Gasteiger partial charge in [-0.1, -0.05) is 92.5 Å². The van der Waals surface area contributed by atoms with Gasteiger partial charge in [-0.2, -0.15) is 0 Å². The summed E-state index contributed by atoms with van der Waals surface area (Å²) in [5, 5.41) is 0.185. The van der Waals surface area contributed by atoms with Gasteiger partial charge in [-0.25, -0.2) is 8.42 Å². The van der Waals surface area contributed by atoms with Crippen LogP contribution in [0.4, 0.5) is 0 Å². The van der Waals surface area contributed by atoms with Crippen LogP contribution >= 0.6 is 23.2 Å². The minimum Gasteiger partial charge on any atom is -0.538 e. The van der Waals surface area contributed by atoms with Crippen LogP contribution in [0.1, 0.15) is 47.8 Å². The zero-order valence-corrected chi connectivity index (χ0v) is 23.8. The van der Waals surface area contributed by atoms with Crippen molar-refractivity contribution in [1.82, 2.24) is 0 Å². The Hall–Kier alpha value is -1.38. The molecule has 0 spiro atoms. The first-order valence-corrected chi connectivity index (χ1v) is 12.4. The molecule has 0 aliphatic rings. The minimum absolute atomic E-state index is 0. The van der Waals surface area contributed by atoms with Crippen molar-refractivity contribution in [3.8, 4) is 0 Å². The first-order chi connectivity index (χ1) is 15.5. The fourth-order valence-corrected chi connectivity index (χ4v) is 4.70. The van der Waals surface area contributed by atoms with Crippen LogP contribution in [0.5, 0.6) is 0 Å². The molecule has 9 heteroatoms. The molecule has 34 heavy (non-hydrogen) atoms. The number of benzene rings is 3. The normalized spacial score (nSPS) is 11.6. The third-order valence-corrected chi connectivity index (χ3v) is 6.91. The first-order valence-electron chi connectivity index (χ1n) is 10.2. The second-order valence-corrected chi connectivity index (χ2v) is 11.0. The predicted molar refractivity (Wildman–Crippen MR) is 131 cm³/mol. The van der Waals surface area contributed by atoms with Gasteiger partial charge in [-0.3, -0.25) is 0 Å². The molecule has 174 valence electrons. The Morgan fingerprint density at radius 3 is 1.91 bits per heavy atom. The molecular weight excluding hydrogens is 504 g/mol. The van der Waals surface area contributed by atoms with E-state index in [1.807, 2.05) is 0 Å². The van der Waals surface area contributed by atoms with Crippen LogP contribution in [-0.2, 0) is 33.4 Å². The van der Waals surface area contributed by atoms with E-state index in [2.05, 4.69) is 49.8 Å². The molecule has 3 aromatic carbocycles. The van der Waals surface area contributed by atoms with E-state index in [4.69, 9.17) is 27.9 Å². The number of nitrogens with zero attached hydrogens (tertiary/aromatic N) is 1. The van der Waals surface area contributed by atoms with Gasteiger partial charge in [0.05, 0.1) is 29.0 Å². The molecule has 0 aromatic heterocycles. The molecule has 3 aromatic rings. The van der Waals surface area contributed by atoms with Gasteiger partial charge in [0, 0.05) is 5.02 Å². The molecule has 0 radical (unpaired) electrons. The van der Waals surface area contributed by atoms with Crippen molar-refractivity contribution in [2.75, 3.05) is 0 Å². The molecule has 5 nitrogen and oxygen atoms in total. The van der Waals surface area contributed by atoms with Crippen molar-refractivity contribution in [2.45, 2.75) is 44.3 Å². The summed E-state index contributed by atoms with van der Waals surface area (Å²) in [6.45, 7) is 7.32. The molecule has 1 amide bonds. The van der Waals surface area contributed by atoms with Gasteiger partial charge < -0.3 is 14.3 Å². The molecule has 0 bridgehead atoms. The van der Waals surface area contributed by atoms with E-state index in [0.29, 0.717) is 13.2 Å². The summed E-state index contributed by atoms with van der Waals surface area (Å²) in [6, 6.07) is 18.6. The summed E-state index contributed by atoms with van der Waals surface area (Å²) < 4.78 is 34.0. The Balaban J connectivity index is 0.00000408. The van der Waals surface area contributed by atoms with Crippen LogP contribution in [0.2, 0.25) is 10.0 Å². The SMILES string of the molecule is CC(C)(C)c1ccc(COCc2ccc(C(=O)[N-]S(=O)(=O)c3ccc(Cl)cc3Cl)cc2)cc1.[Na+]. The Bertz CT molecular complexity index is 1240. The fraction of sp³-hybridized carbons (Fsp3) is 0.240. The van der Waals surface area contributed by atoms with Crippen molar-refractivity contribution in [3.05, 3.63) is 104 Å². The fourth-order valence-electron chi connectivity index (χ4n) is 3.03. The summed E-state index contributed by atoms with van der Waals surface area (Å²) in [6.07, 6.45) is 0. The smallest absolute Gasteiger partial charge is 0.538 e. The van der Waals surface area contributed by atoms with E-state index >= 15 is 0 Å². The maximum Gasteiger partial charge on any atom is 1.00 e. The van der Waals surface area contributed by atoms with E-state index in [9.17, 15) is 13.2 Å². The van der Waals surface area contributed by atoms with Crippen molar-refractivity contribution >= 4 is 39.1 Å². The van der Waals surface area contributed by atoms with Crippen molar-refractivity contribution in [3.63, 3.8) is 0 Å². The third-order valence-electron chi connectivity index (χ3n) is 4.93. The Morgan fingerprint density at radius 2 is 1.41 bits per heavy atom. The number of amides is 1. The molecule has 0 unspecified atom stereocenters. The van der Waals surface area contributed by atoms with Gasteiger partial charge in [-0.05, 0) is 45.9 Å². The van der Waals surface area contributed by atoms with E-state index in [0.717, 1.165) is 11.1 Å². The van der Waals surface area contributed by atoms with E-state index < -0.39 is 15.9 Å².